The van der Waals surface area contributed by atoms with Crippen molar-refractivity contribution in [3.63, 3.8) is 0 Å². The van der Waals surface area contributed by atoms with Gasteiger partial charge in [0.25, 0.3) is 0 Å². The van der Waals surface area contributed by atoms with Gasteiger partial charge in [0.05, 0.1) is 10.6 Å². The Labute approximate surface area is 103 Å². The number of rotatable bonds is 2. The summed E-state index contributed by atoms with van der Waals surface area (Å²) < 4.78 is 5.12. The first kappa shape index (κ1) is 11.5. The zero-order valence-corrected chi connectivity index (χ0v) is 9.52. The van der Waals surface area contributed by atoms with Gasteiger partial charge in [0.1, 0.15) is 11.5 Å². The van der Waals surface area contributed by atoms with Gasteiger partial charge in [-0.1, -0.05) is 29.8 Å². The fraction of sp³-hybridized carbons (Fsp3) is 0. The molecule has 0 amide bonds. The molecule has 2 rings (SSSR count). The van der Waals surface area contributed by atoms with Gasteiger partial charge in [0.15, 0.2) is 0 Å². The third-order valence-electron chi connectivity index (χ3n) is 2.14. The predicted molar refractivity (Wildman–Crippen MR) is 64.5 cm³/mol. The summed E-state index contributed by atoms with van der Waals surface area (Å²) >= 11 is 5.70. The molecule has 17 heavy (non-hydrogen) atoms. The Hall–Kier alpha value is -2.00. The number of benzene rings is 2. The Morgan fingerprint density at radius 2 is 1.82 bits per heavy atom. The van der Waals surface area contributed by atoms with Crippen molar-refractivity contribution in [1.29, 1.82) is 0 Å². The van der Waals surface area contributed by atoms with Crippen LogP contribution in [0.15, 0.2) is 48.5 Å². The summed E-state index contributed by atoms with van der Waals surface area (Å²) in [4.78, 5) is 11.7. The summed E-state index contributed by atoms with van der Waals surface area (Å²) in [6.45, 7) is 0. The number of para-hydroxylation sites is 1. The number of hydrogen-bond donors (Lipinski definition) is 1. The second-order valence-electron chi connectivity index (χ2n) is 3.37. The lowest BCUT2D eigenvalue weighted by Crippen LogP contribution is -2.08. The Kier molecular flexibility index (Phi) is 3.30. The molecule has 0 spiro atoms. The van der Waals surface area contributed by atoms with Gasteiger partial charge in [-0.15, -0.1) is 0 Å². The van der Waals surface area contributed by atoms with Gasteiger partial charge >= 0.3 is 5.97 Å². The van der Waals surface area contributed by atoms with E-state index in [1.807, 2.05) is 6.07 Å². The summed E-state index contributed by atoms with van der Waals surface area (Å²) in [6.07, 6.45) is 0. The Morgan fingerprint density at radius 1 is 1.12 bits per heavy atom. The van der Waals surface area contributed by atoms with Crippen LogP contribution in [0.25, 0.3) is 0 Å². The van der Waals surface area contributed by atoms with Crippen molar-refractivity contribution < 1.29 is 14.6 Å². The van der Waals surface area contributed by atoms with Crippen LogP contribution in [-0.4, -0.2) is 11.1 Å². The SMILES string of the molecule is O=C(Oc1ccccc1)c1ccc(O)c(Cl)c1. The van der Waals surface area contributed by atoms with Crippen LogP contribution in [0.2, 0.25) is 5.02 Å². The summed E-state index contributed by atoms with van der Waals surface area (Å²) in [7, 11) is 0. The first-order valence-corrected chi connectivity index (χ1v) is 5.30. The van der Waals surface area contributed by atoms with Crippen molar-refractivity contribution >= 4 is 17.6 Å². The molecule has 2 aromatic rings. The van der Waals surface area contributed by atoms with Gasteiger partial charge in [0.2, 0.25) is 0 Å². The second kappa shape index (κ2) is 4.89. The maximum atomic E-state index is 11.7. The molecule has 0 saturated heterocycles. The van der Waals surface area contributed by atoms with E-state index in [0.717, 1.165) is 0 Å². The Balaban J connectivity index is 2.18. The van der Waals surface area contributed by atoms with Gasteiger partial charge in [-0.05, 0) is 30.3 Å². The fourth-order valence-electron chi connectivity index (χ4n) is 1.29. The van der Waals surface area contributed by atoms with Crippen molar-refractivity contribution in [3.8, 4) is 11.5 Å². The van der Waals surface area contributed by atoms with Crippen molar-refractivity contribution in [2.24, 2.45) is 0 Å². The van der Waals surface area contributed by atoms with E-state index in [2.05, 4.69) is 0 Å². The fourth-order valence-corrected chi connectivity index (χ4v) is 1.47. The van der Waals surface area contributed by atoms with Crippen molar-refractivity contribution in [1.82, 2.24) is 0 Å². The van der Waals surface area contributed by atoms with Crippen molar-refractivity contribution in [2.45, 2.75) is 0 Å². The molecule has 0 bridgehead atoms. The Bertz CT molecular complexity index is 538. The van der Waals surface area contributed by atoms with Gasteiger partial charge in [0, 0.05) is 0 Å². The molecule has 86 valence electrons. The van der Waals surface area contributed by atoms with Crippen LogP contribution in [0.3, 0.4) is 0 Å². The van der Waals surface area contributed by atoms with E-state index >= 15 is 0 Å². The lowest BCUT2D eigenvalue weighted by Gasteiger charge is -2.04. The molecular formula is C13H9ClO3. The highest BCUT2D eigenvalue weighted by atomic mass is 35.5. The van der Waals surface area contributed by atoms with E-state index in [1.165, 1.54) is 18.2 Å². The number of carbonyl (C=O) groups excluding carboxylic acids is 1. The molecule has 4 heteroatoms. The van der Waals surface area contributed by atoms with Crippen LogP contribution >= 0.6 is 11.6 Å². The number of carbonyl (C=O) groups is 1. The molecule has 0 aliphatic rings. The van der Waals surface area contributed by atoms with Gasteiger partial charge < -0.3 is 9.84 Å². The molecule has 0 fully saturated rings. The topological polar surface area (TPSA) is 46.5 Å². The molecule has 3 nitrogen and oxygen atoms in total. The standard InChI is InChI=1S/C13H9ClO3/c14-11-8-9(6-7-12(11)15)13(16)17-10-4-2-1-3-5-10/h1-8,15H. The van der Waals surface area contributed by atoms with Gasteiger partial charge in [-0.25, -0.2) is 4.79 Å². The summed E-state index contributed by atoms with van der Waals surface area (Å²) in [5.74, 6) is -0.122. The minimum Gasteiger partial charge on any atom is -0.506 e. The lowest BCUT2D eigenvalue weighted by molar-refractivity contribution is 0.0735. The summed E-state index contributed by atoms with van der Waals surface area (Å²) in [5.41, 5.74) is 0.289. The van der Waals surface area contributed by atoms with E-state index in [-0.39, 0.29) is 16.3 Å². The maximum Gasteiger partial charge on any atom is 0.343 e. The molecular weight excluding hydrogens is 240 g/mol. The van der Waals surface area contributed by atoms with Gasteiger partial charge in [-0.3, -0.25) is 0 Å². The van der Waals surface area contributed by atoms with E-state index in [4.69, 9.17) is 16.3 Å². The van der Waals surface area contributed by atoms with Crippen LogP contribution in [-0.2, 0) is 0 Å². The number of halogens is 1. The normalized spacial score (nSPS) is 9.94. The average Bonchev–Trinajstić information content (AvgIpc) is 2.34. The highest BCUT2D eigenvalue weighted by molar-refractivity contribution is 6.32. The molecule has 0 aromatic heterocycles. The minimum atomic E-state index is -0.516. The van der Waals surface area contributed by atoms with Gasteiger partial charge in [-0.2, -0.15) is 0 Å². The molecule has 0 atom stereocenters. The van der Waals surface area contributed by atoms with E-state index in [9.17, 15) is 9.90 Å². The number of esters is 1. The largest absolute Gasteiger partial charge is 0.506 e. The van der Waals surface area contributed by atoms with Crippen molar-refractivity contribution in [3.05, 3.63) is 59.1 Å². The third-order valence-corrected chi connectivity index (χ3v) is 2.44. The molecule has 0 unspecified atom stereocenters. The molecule has 0 aliphatic heterocycles. The zero-order chi connectivity index (χ0) is 12.3. The third kappa shape index (κ3) is 2.77. The smallest absolute Gasteiger partial charge is 0.343 e. The highest BCUT2D eigenvalue weighted by Gasteiger charge is 2.10. The number of phenolic OH excluding ortho intramolecular Hbond substituents is 1. The molecule has 1 N–H and O–H groups in total. The number of hydrogen-bond acceptors (Lipinski definition) is 3. The van der Waals surface area contributed by atoms with Crippen molar-refractivity contribution in [2.75, 3.05) is 0 Å². The Morgan fingerprint density at radius 3 is 2.47 bits per heavy atom. The van der Waals surface area contributed by atoms with Crippen LogP contribution in [0.1, 0.15) is 10.4 Å². The predicted octanol–water partition coefficient (Wildman–Crippen LogP) is 3.26. The van der Waals surface area contributed by atoms with E-state index in [1.54, 1.807) is 24.3 Å². The second-order valence-corrected chi connectivity index (χ2v) is 3.78. The zero-order valence-electron chi connectivity index (χ0n) is 8.76. The molecule has 0 aliphatic carbocycles. The summed E-state index contributed by atoms with van der Waals surface area (Å²) in [5, 5.41) is 9.35. The first-order chi connectivity index (χ1) is 8.16. The number of aromatic hydroxyl groups is 1. The molecule has 2 aromatic carbocycles. The molecule has 0 radical (unpaired) electrons. The lowest BCUT2D eigenvalue weighted by atomic mass is 10.2. The molecule has 0 saturated carbocycles. The first-order valence-electron chi connectivity index (χ1n) is 4.92. The minimum absolute atomic E-state index is 0.0667. The van der Waals surface area contributed by atoms with Crippen LogP contribution in [0.4, 0.5) is 0 Å². The highest BCUT2D eigenvalue weighted by Crippen LogP contribution is 2.24. The van der Waals surface area contributed by atoms with Crippen LogP contribution in [0.5, 0.6) is 11.5 Å². The van der Waals surface area contributed by atoms with Crippen LogP contribution in [0, 0.1) is 0 Å². The van der Waals surface area contributed by atoms with E-state index < -0.39 is 5.97 Å². The average molecular weight is 249 g/mol. The monoisotopic (exact) mass is 248 g/mol. The number of phenols is 1. The maximum absolute atomic E-state index is 11.7. The molecule has 0 heterocycles. The van der Waals surface area contributed by atoms with Crippen LogP contribution < -0.4 is 4.74 Å². The quantitative estimate of drug-likeness (QED) is 0.655. The number of ether oxygens (including phenoxy) is 1. The summed E-state index contributed by atoms with van der Waals surface area (Å²) in [6, 6.07) is 12.9. The van der Waals surface area contributed by atoms with E-state index in [0.29, 0.717) is 5.75 Å².